The third-order valence-corrected chi connectivity index (χ3v) is 5.49. The minimum atomic E-state index is -0.538. The van der Waals surface area contributed by atoms with E-state index in [1.807, 2.05) is 40.1 Å². The number of carbonyl (C=O) groups is 3. The fraction of sp³-hybridized carbons (Fsp3) is 0.526. The van der Waals surface area contributed by atoms with Crippen LogP contribution in [0.4, 0.5) is 0 Å². The van der Waals surface area contributed by atoms with E-state index in [0.29, 0.717) is 45.9 Å². The number of piperazine rings is 2. The van der Waals surface area contributed by atoms with E-state index in [2.05, 4.69) is 5.32 Å². The van der Waals surface area contributed by atoms with Crippen LogP contribution in [0.2, 0.25) is 0 Å². The van der Waals surface area contributed by atoms with Gasteiger partial charge in [-0.3, -0.25) is 19.3 Å². The van der Waals surface area contributed by atoms with Crippen molar-refractivity contribution in [2.45, 2.75) is 12.1 Å². The minimum Gasteiger partial charge on any atom is -0.378 e. The Balaban J connectivity index is 1.60. The van der Waals surface area contributed by atoms with Crippen LogP contribution in [0.5, 0.6) is 0 Å². The number of morpholine rings is 1. The Morgan fingerprint density at radius 1 is 1.07 bits per heavy atom. The number of ether oxygens (including phenoxy) is 1. The van der Waals surface area contributed by atoms with E-state index in [-0.39, 0.29) is 24.3 Å². The van der Waals surface area contributed by atoms with Gasteiger partial charge < -0.3 is 19.9 Å². The van der Waals surface area contributed by atoms with Gasteiger partial charge in [-0.2, -0.15) is 0 Å². The number of rotatable bonds is 3. The molecule has 2 atom stereocenters. The molecule has 0 aliphatic carbocycles. The molecule has 0 saturated carbocycles. The van der Waals surface area contributed by atoms with E-state index < -0.39 is 12.1 Å². The standard InChI is InChI=1S/C19H24N4O4/c24-16-12-20-18(25)15-13-22(6-7-23(15)16)17(14-4-2-1-3-5-14)19(26)21-8-10-27-11-9-21/h1-5,15,17H,6-13H2,(H,20,25)/t15-,17?/m1/s1. The average molecular weight is 372 g/mol. The Hall–Kier alpha value is -2.45. The Morgan fingerprint density at radius 3 is 2.56 bits per heavy atom. The minimum absolute atomic E-state index is 0.0282. The molecule has 1 aromatic carbocycles. The molecular formula is C19H24N4O4. The zero-order chi connectivity index (χ0) is 18.8. The smallest absolute Gasteiger partial charge is 0.244 e. The van der Waals surface area contributed by atoms with E-state index in [0.717, 1.165) is 5.56 Å². The number of benzene rings is 1. The van der Waals surface area contributed by atoms with Crippen molar-refractivity contribution in [2.24, 2.45) is 0 Å². The van der Waals surface area contributed by atoms with Gasteiger partial charge in [-0.1, -0.05) is 30.3 Å². The lowest BCUT2D eigenvalue weighted by atomic mass is 9.99. The first-order valence-corrected chi connectivity index (χ1v) is 9.38. The van der Waals surface area contributed by atoms with Crippen molar-refractivity contribution < 1.29 is 19.1 Å². The molecule has 3 aliphatic rings. The highest BCUT2D eigenvalue weighted by molar-refractivity contribution is 5.95. The highest BCUT2D eigenvalue weighted by Gasteiger charge is 2.42. The second kappa shape index (κ2) is 7.66. The molecule has 8 nitrogen and oxygen atoms in total. The molecule has 0 aromatic heterocycles. The largest absolute Gasteiger partial charge is 0.378 e. The van der Waals surface area contributed by atoms with Crippen molar-refractivity contribution in [3.05, 3.63) is 35.9 Å². The predicted octanol–water partition coefficient (Wildman–Crippen LogP) is -0.771. The van der Waals surface area contributed by atoms with Gasteiger partial charge in [-0.15, -0.1) is 0 Å². The first-order valence-electron chi connectivity index (χ1n) is 9.38. The predicted molar refractivity (Wildman–Crippen MR) is 96.7 cm³/mol. The number of amides is 3. The lowest BCUT2D eigenvalue weighted by Crippen LogP contribution is -2.66. The molecule has 8 heteroatoms. The van der Waals surface area contributed by atoms with Crippen molar-refractivity contribution in [2.75, 3.05) is 52.5 Å². The van der Waals surface area contributed by atoms with Crippen LogP contribution in [0.15, 0.2) is 30.3 Å². The number of nitrogens with one attached hydrogen (secondary N) is 1. The van der Waals surface area contributed by atoms with Crippen molar-refractivity contribution in [1.82, 2.24) is 20.0 Å². The summed E-state index contributed by atoms with van der Waals surface area (Å²) in [6.45, 7) is 3.66. The summed E-state index contributed by atoms with van der Waals surface area (Å²) in [6.07, 6.45) is 0. The summed E-state index contributed by atoms with van der Waals surface area (Å²) in [5, 5.41) is 2.65. The van der Waals surface area contributed by atoms with Gasteiger partial charge in [0.2, 0.25) is 17.7 Å². The number of nitrogens with zero attached hydrogens (tertiary/aromatic N) is 3. The maximum Gasteiger partial charge on any atom is 0.244 e. The van der Waals surface area contributed by atoms with Crippen molar-refractivity contribution in [3.63, 3.8) is 0 Å². The van der Waals surface area contributed by atoms with E-state index in [9.17, 15) is 14.4 Å². The summed E-state index contributed by atoms with van der Waals surface area (Å²) < 4.78 is 5.37. The van der Waals surface area contributed by atoms with Crippen LogP contribution < -0.4 is 5.32 Å². The maximum absolute atomic E-state index is 13.4. The SMILES string of the molecule is O=C1NCC(=O)N2CCN(C(C(=O)N3CCOCC3)c3ccccc3)C[C@H]12. The fourth-order valence-electron chi connectivity index (χ4n) is 4.05. The topological polar surface area (TPSA) is 82.2 Å². The number of fused-ring (bicyclic) bond motifs is 1. The number of carbonyl (C=O) groups excluding carboxylic acids is 3. The van der Waals surface area contributed by atoms with Gasteiger partial charge in [-0.05, 0) is 5.56 Å². The molecule has 3 aliphatic heterocycles. The van der Waals surface area contributed by atoms with Crippen molar-refractivity contribution in [1.29, 1.82) is 0 Å². The Morgan fingerprint density at radius 2 is 1.81 bits per heavy atom. The molecule has 3 fully saturated rings. The van der Waals surface area contributed by atoms with Crippen molar-refractivity contribution in [3.8, 4) is 0 Å². The second-order valence-electron chi connectivity index (χ2n) is 7.07. The van der Waals surface area contributed by atoms with Crippen molar-refractivity contribution >= 4 is 17.7 Å². The summed E-state index contributed by atoms with van der Waals surface area (Å²) >= 11 is 0. The summed E-state index contributed by atoms with van der Waals surface area (Å²) in [7, 11) is 0. The molecule has 0 bridgehead atoms. The Labute approximate surface area is 158 Å². The maximum atomic E-state index is 13.4. The summed E-state index contributed by atoms with van der Waals surface area (Å²) in [6, 6.07) is 8.65. The monoisotopic (exact) mass is 372 g/mol. The highest BCUT2D eigenvalue weighted by atomic mass is 16.5. The molecule has 3 amide bonds. The molecule has 0 radical (unpaired) electrons. The Kier molecular flexibility index (Phi) is 5.09. The van der Waals surface area contributed by atoms with Crippen LogP contribution in [0, 0.1) is 0 Å². The number of hydrogen-bond acceptors (Lipinski definition) is 5. The van der Waals surface area contributed by atoms with Crippen LogP contribution in [-0.2, 0) is 19.1 Å². The summed E-state index contributed by atoms with van der Waals surface area (Å²) in [5.41, 5.74) is 0.907. The van der Waals surface area contributed by atoms with Crippen LogP contribution in [0.25, 0.3) is 0 Å². The molecular weight excluding hydrogens is 348 g/mol. The third-order valence-electron chi connectivity index (χ3n) is 5.49. The lowest BCUT2D eigenvalue weighted by molar-refractivity contribution is -0.153. The van der Waals surface area contributed by atoms with Gasteiger partial charge >= 0.3 is 0 Å². The van der Waals surface area contributed by atoms with Crippen LogP contribution in [-0.4, -0.2) is 90.9 Å². The molecule has 1 N–H and O–H groups in total. The fourth-order valence-corrected chi connectivity index (χ4v) is 4.05. The Bertz CT molecular complexity index is 720. The normalized spacial score (nSPS) is 25.0. The first kappa shape index (κ1) is 17.9. The quantitative estimate of drug-likeness (QED) is 0.754. The molecule has 3 saturated heterocycles. The van der Waals surface area contributed by atoms with Crippen LogP contribution in [0.3, 0.4) is 0 Å². The molecule has 1 unspecified atom stereocenters. The molecule has 27 heavy (non-hydrogen) atoms. The molecule has 4 rings (SSSR count). The molecule has 1 aromatic rings. The third kappa shape index (κ3) is 3.54. The number of hydrogen-bond donors (Lipinski definition) is 1. The van der Waals surface area contributed by atoms with Gasteiger partial charge in [0.25, 0.3) is 0 Å². The average Bonchev–Trinajstić information content (AvgIpc) is 2.72. The van der Waals surface area contributed by atoms with Crippen LogP contribution >= 0.6 is 0 Å². The van der Waals surface area contributed by atoms with Gasteiger partial charge in [0, 0.05) is 32.7 Å². The zero-order valence-corrected chi connectivity index (χ0v) is 15.2. The lowest BCUT2D eigenvalue weighted by Gasteiger charge is -2.46. The van der Waals surface area contributed by atoms with Gasteiger partial charge in [0.15, 0.2) is 0 Å². The van der Waals surface area contributed by atoms with E-state index in [4.69, 9.17) is 4.74 Å². The summed E-state index contributed by atoms with van der Waals surface area (Å²) in [4.78, 5) is 43.3. The van der Waals surface area contributed by atoms with Crippen LogP contribution in [0.1, 0.15) is 11.6 Å². The second-order valence-corrected chi connectivity index (χ2v) is 7.07. The molecule has 144 valence electrons. The molecule has 3 heterocycles. The first-order chi connectivity index (χ1) is 13.1. The van der Waals surface area contributed by atoms with E-state index in [1.54, 1.807) is 4.90 Å². The van der Waals surface area contributed by atoms with E-state index >= 15 is 0 Å². The van der Waals surface area contributed by atoms with E-state index in [1.165, 1.54) is 0 Å². The highest BCUT2D eigenvalue weighted by Crippen LogP contribution is 2.27. The van der Waals surface area contributed by atoms with Gasteiger partial charge in [0.05, 0.1) is 19.8 Å². The summed E-state index contributed by atoms with van der Waals surface area (Å²) in [5.74, 6) is -0.180. The zero-order valence-electron chi connectivity index (χ0n) is 15.2. The van der Waals surface area contributed by atoms with Gasteiger partial charge in [0.1, 0.15) is 12.1 Å². The van der Waals surface area contributed by atoms with Gasteiger partial charge in [-0.25, -0.2) is 0 Å². The molecule has 0 spiro atoms.